The van der Waals surface area contributed by atoms with E-state index in [1.165, 1.54) is 24.3 Å². The third kappa shape index (κ3) is 8.84. The molecule has 0 saturated carbocycles. The van der Waals surface area contributed by atoms with E-state index in [2.05, 4.69) is 71.6 Å². The van der Waals surface area contributed by atoms with Gasteiger partial charge in [-0.2, -0.15) is 0 Å². The molecule has 0 bridgehead atoms. The molecule has 312 valence electrons. The molecule has 8 aromatic rings. The molecule has 6 heterocycles. The first-order chi connectivity index (χ1) is 30.3. The molecule has 2 aliphatic heterocycles. The molecule has 0 spiro atoms. The number of fused-ring (bicyclic) bond motifs is 2. The molecule has 62 heavy (non-hydrogen) atoms. The van der Waals surface area contributed by atoms with Crippen LogP contribution in [0.4, 0.5) is 43.3 Å². The number of halogens is 2. The van der Waals surface area contributed by atoms with E-state index in [1.54, 1.807) is 55.5 Å². The second-order valence-corrected chi connectivity index (χ2v) is 14.8. The van der Waals surface area contributed by atoms with Crippen molar-refractivity contribution in [3.05, 3.63) is 145 Å². The van der Waals surface area contributed by atoms with Crippen molar-refractivity contribution >= 4 is 68.8 Å². The van der Waals surface area contributed by atoms with Crippen molar-refractivity contribution in [2.45, 2.75) is 0 Å². The third-order valence-corrected chi connectivity index (χ3v) is 10.9. The highest BCUT2D eigenvalue weighted by Gasteiger charge is 2.20. The van der Waals surface area contributed by atoms with Crippen molar-refractivity contribution in [2.75, 3.05) is 72.0 Å². The summed E-state index contributed by atoms with van der Waals surface area (Å²) in [6, 6.07) is 26.5. The summed E-state index contributed by atoms with van der Waals surface area (Å²) in [5, 5.41) is 21.7. The Hall–Kier alpha value is -7.88. The number of rotatable bonds is 8. The maximum absolute atomic E-state index is 13.4. The fourth-order valence-corrected chi connectivity index (χ4v) is 7.66. The Morgan fingerprint density at radius 1 is 0.532 bits per heavy atom. The Morgan fingerprint density at radius 3 is 1.47 bits per heavy atom. The topological polar surface area (TPSA) is 161 Å². The van der Waals surface area contributed by atoms with Gasteiger partial charge in [0.05, 0.1) is 39.7 Å². The average Bonchev–Trinajstić information content (AvgIpc) is 3.81. The number of anilines is 4. The SMILES string of the molecule is Oc1[nH]c2cc(F)ccc2c1C=Nc1ccc(N2CCN(c3cnccn3)CC2)cc1.Oc1[nH]c2cc(F)ccc2c1C=Nc1ccc(N2CCN(c3ncccn3)CC2)cc1. The monoisotopic (exact) mass is 832 g/mol. The molecule has 2 fully saturated rings. The number of hydrogen-bond donors (Lipinski definition) is 4. The van der Waals surface area contributed by atoms with Gasteiger partial charge in [-0.25, -0.2) is 23.7 Å². The lowest BCUT2D eigenvalue weighted by Crippen LogP contribution is -2.47. The molecule has 14 nitrogen and oxygen atoms in total. The van der Waals surface area contributed by atoms with Crippen LogP contribution in [0.1, 0.15) is 11.1 Å². The van der Waals surface area contributed by atoms with Gasteiger partial charge >= 0.3 is 0 Å². The normalized spacial score (nSPS) is 14.6. The third-order valence-electron chi connectivity index (χ3n) is 10.9. The van der Waals surface area contributed by atoms with Gasteiger partial charge in [0.15, 0.2) is 11.8 Å². The molecule has 0 unspecified atom stereocenters. The van der Waals surface area contributed by atoms with Crippen LogP contribution in [-0.4, -0.2) is 105 Å². The number of hydrogen-bond acceptors (Lipinski definition) is 12. The van der Waals surface area contributed by atoms with Gasteiger partial charge in [0, 0.05) is 112 Å². The summed E-state index contributed by atoms with van der Waals surface area (Å²) in [4.78, 5) is 40.8. The molecule has 4 N–H and O–H groups in total. The minimum atomic E-state index is -0.357. The van der Waals surface area contributed by atoms with Crippen molar-refractivity contribution in [1.29, 1.82) is 0 Å². The van der Waals surface area contributed by atoms with Gasteiger partial charge in [0.2, 0.25) is 5.95 Å². The van der Waals surface area contributed by atoms with Crippen LogP contribution in [0.15, 0.2) is 132 Å². The zero-order chi connectivity index (χ0) is 42.4. The van der Waals surface area contributed by atoms with Gasteiger partial charge in [-0.1, -0.05) is 0 Å². The molecule has 2 saturated heterocycles. The van der Waals surface area contributed by atoms with Gasteiger partial charge in [0.1, 0.15) is 17.5 Å². The number of aromatic amines is 2. The molecular weight excluding hydrogens is 791 g/mol. The van der Waals surface area contributed by atoms with E-state index in [0.29, 0.717) is 22.2 Å². The van der Waals surface area contributed by atoms with Crippen molar-refractivity contribution < 1.29 is 19.0 Å². The molecular formula is C46H42F2N12O2. The number of H-pyrrole nitrogens is 2. The van der Waals surface area contributed by atoms with Crippen LogP contribution in [0, 0.1) is 11.6 Å². The molecule has 0 aliphatic carbocycles. The Balaban J connectivity index is 0.000000158. The van der Waals surface area contributed by atoms with Gasteiger partial charge in [-0.05, 0) is 91.0 Å². The Kier molecular flexibility index (Phi) is 11.3. The molecule has 4 aromatic carbocycles. The lowest BCUT2D eigenvalue weighted by Gasteiger charge is -2.36. The smallest absolute Gasteiger partial charge is 0.225 e. The molecule has 0 radical (unpaired) electrons. The van der Waals surface area contributed by atoms with Gasteiger partial charge < -0.3 is 39.8 Å². The highest BCUT2D eigenvalue weighted by Crippen LogP contribution is 2.30. The summed E-state index contributed by atoms with van der Waals surface area (Å²) < 4.78 is 26.8. The van der Waals surface area contributed by atoms with E-state index < -0.39 is 0 Å². The van der Waals surface area contributed by atoms with Crippen LogP contribution in [0.25, 0.3) is 21.8 Å². The van der Waals surface area contributed by atoms with Crippen molar-refractivity contribution in [3.63, 3.8) is 0 Å². The average molecular weight is 833 g/mol. The van der Waals surface area contributed by atoms with E-state index >= 15 is 0 Å². The Bertz CT molecular complexity index is 2620. The zero-order valence-electron chi connectivity index (χ0n) is 33.5. The predicted octanol–water partition coefficient (Wildman–Crippen LogP) is 7.76. The first-order valence-corrected chi connectivity index (χ1v) is 20.2. The first kappa shape index (κ1) is 39.6. The number of benzene rings is 4. The largest absolute Gasteiger partial charge is 0.494 e. The molecule has 4 aromatic heterocycles. The quantitative estimate of drug-likeness (QED) is 0.111. The standard InChI is InChI=1S/2C23H21FN6O/c24-16-2-7-19-20(22(31)28-21(19)14-16)15-27-17-3-5-18(6-4-17)29-10-12-30(13-11-29)23-25-8-1-9-26-23;24-16-1-6-19-20(23(31)28-21(19)13-16)14-27-17-2-4-18(5-3-17)29-9-11-30(12-10-29)22-15-25-7-8-26-22/h1-9,14-15,28,31H,10-13H2;1-8,13-15,28,31H,9-12H2. The summed E-state index contributed by atoms with van der Waals surface area (Å²) >= 11 is 0. The predicted molar refractivity (Wildman–Crippen MR) is 240 cm³/mol. The van der Waals surface area contributed by atoms with Crippen LogP contribution < -0.4 is 19.6 Å². The number of aromatic hydroxyl groups is 2. The summed E-state index contributed by atoms with van der Waals surface area (Å²) in [5.41, 5.74) is 5.98. The molecule has 0 amide bonds. The number of nitrogens with zero attached hydrogens (tertiary/aromatic N) is 10. The van der Waals surface area contributed by atoms with Crippen molar-refractivity contribution in [3.8, 4) is 11.8 Å². The molecule has 16 heteroatoms. The second kappa shape index (κ2) is 17.8. The molecule has 2 aliphatic rings. The van der Waals surface area contributed by atoms with Crippen LogP contribution in [0.3, 0.4) is 0 Å². The van der Waals surface area contributed by atoms with E-state index in [1.807, 2.05) is 42.5 Å². The summed E-state index contributed by atoms with van der Waals surface area (Å²) in [7, 11) is 0. The van der Waals surface area contributed by atoms with Crippen LogP contribution in [0.5, 0.6) is 11.8 Å². The maximum atomic E-state index is 13.4. The minimum Gasteiger partial charge on any atom is -0.494 e. The van der Waals surface area contributed by atoms with Gasteiger partial charge in [-0.3, -0.25) is 15.0 Å². The highest BCUT2D eigenvalue weighted by atomic mass is 19.1. The van der Waals surface area contributed by atoms with E-state index in [0.717, 1.165) is 97.6 Å². The Morgan fingerprint density at radius 2 is 1.00 bits per heavy atom. The zero-order valence-corrected chi connectivity index (χ0v) is 33.5. The van der Waals surface area contributed by atoms with Crippen molar-refractivity contribution in [1.82, 2.24) is 29.9 Å². The minimum absolute atomic E-state index is 0.0260. The summed E-state index contributed by atoms with van der Waals surface area (Å²) in [6.07, 6.45) is 11.9. The number of nitrogens with one attached hydrogen (secondary N) is 2. The maximum Gasteiger partial charge on any atom is 0.225 e. The van der Waals surface area contributed by atoms with Crippen molar-refractivity contribution in [2.24, 2.45) is 9.98 Å². The van der Waals surface area contributed by atoms with Crippen LogP contribution in [0.2, 0.25) is 0 Å². The lowest BCUT2D eigenvalue weighted by molar-refractivity contribution is 0.457. The van der Waals surface area contributed by atoms with E-state index in [4.69, 9.17) is 0 Å². The summed E-state index contributed by atoms with van der Waals surface area (Å²) in [5.74, 6) is 0.920. The second-order valence-electron chi connectivity index (χ2n) is 14.8. The van der Waals surface area contributed by atoms with Crippen LogP contribution in [-0.2, 0) is 0 Å². The van der Waals surface area contributed by atoms with Crippen LogP contribution >= 0.6 is 0 Å². The molecule has 10 rings (SSSR count). The summed E-state index contributed by atoms with van der Waals surface area (Å²) in [6.45, 7) is 7.09. The van der Waals surface area contributed by atoms with Gasteiger partial charge in [0.25, 0.3) is 0 Å². The van der Waals surface area contributed by atoms with E-state index in [9.17, 15) is 19.0 Å². The molecule has 0 atom stereocenters. The number of aromatic nitrogens is 6. The van der Waals surface area contributed by atoms with E-state index in [-0.39, 0.29) is 23.4 Å². The number of piperazine rings is 2. The highest BCUT2D eigenvalue weighted by molar-refractivity contribution is 6.03. The fraction of sp³-hybridized carbons (Fsp3) is 0.174. The first-order valence-electron chi connectivity index (χ1n) is 20.2. The lowest BCUT2D eigenvalue weighted by atomic mass is 10.2. The van der Waals surface area contributed by atoms with Gasteiger partial charge in [-0.15, -0.1) is 0 Å². The number of aliphatic imine (C=N–C) groups is 2. The fourth-order valence-electron chi connectivity index (χ4n) is 7.66. The Labute approximate surface area is 355 Å².